The minimum atomic E-state index is -3.49. The molecule has 1 amide bonds. The highest BCUT2D eigenvalue weighted by Crippen LogP contribution is 2.25. The Labute approximate surface area is 150 Å². The van der Waals surface area contributed by atoms with Crippen molar-refractivity contribution in [3.8, 4) is 0 Å². The molecule has 1 aromatic carbocycles. The second-order valence-corrected chi connectivity index (χ2v) is 9.01. The van der Waals surface area contributed by atoms with E-state index in [0.717, 1.165) is 32.1 Å². The number of hydrogen-bond acceptors (Lipinski definition) is 4. The maximum Gasteiger partial charge on any atom is 0.253 e. The number of hydrogen-bond donors (Lipinski definition) is 1. The molecular formula is C18H27N3O3S. The van der Waals surface area contributed by atoms with Gasteiger partial charge in [-0.1, -0.05) is 6.42 Å². The summed E-state index contributed by atoms with van der Waals surface area (Å²) in [5.41, 5.74) is 6.41. The number of rotatable bonds is 3. The van der Waals surface area contributed by atoms with Crippen molar-refractivity contribution < 1.29 is 13.2 Å². The van der Waals surface area contributed by atoms with Gasteiger partial charge in [0.1, 0.15) is 0 Å². The fourth-order valence-corrected chi connectivity index (χ4v) is 5.32. The van der Waals surface area contributed by atoms with Gasteiger partial charge in [0.25, 0.3) is 5.91 Å². The molecule has 0 radical (unpaired) electrons. The normalized spacial score (nSPS) is 23.6. The third kappa shape index (κ3) is 3.88. The summed E-state index contributed by atoms with van der Waals surface area (Å²) in [6.07, 6.45) is 4.49. The zero-order valence-electron chi connectivity index (χ0n) is 14.7. The van der Waals surface area contributed by atoms with E-state index in [-0.39, 0.29) is 22.9 Å². The summed E-state index contributed by atoms with van der Waals surface area (Å²) in [6, 6.07) is 6.55. The van der Waals surface area contributed by atoms with Crippen LogP contribution in [0, 0.1) is 0 Å². The topological polar surface area (TPSA) is 83.7 Å². The number of likely N-dealkylation sites (tertiary alicyclic amines) is 1. The van der Waals surface area contributed by atoms with E-state index < -0.39 is 10.0 Å². The Morgan fingerprint density at radius 1 is 1.04 bits per heavy atom. The number of benzene rings is 1. The summed E-state index contributed by atoms with van der Waals surface area (Å²) < 4.78 is 27.2. The van der Waals surface area contributed by atoms with E-state index in [1.165, 1.54) is 0 Å². The van der Waals surface area contributed by atoms with Crippen LogP contribution in [0.3, 0.4) is 0 Å². The van der Waals surface area contributed by atoms with Gasteiger partial charge in [0, 0.05) is 37.3 Å². The first-order chi connectivity index (χ1) is 11.9. The lowest BCUT2D eigenvalue weighted by atomic mass is 10.1. The lowest BCUT2D eigenvalue weighted by Crippen LogP contribution is -2.43. The molecule has 2 N–H and O–H groups in total. The van der Waals surface area contributed by atoms with Crippen LogP contribution in [-0.4, -0.2) is 55.2 Å². The van der Waals surface area contributed by atoms with Crippen LogP contribution in [-0.2, 0) is 10.0 Å². The standard InChI is InChI=1S/C18H27N3O3S/c1-14-4-2-3-11-21(14)25(23,24)17-7-5-15(6-8-17)18(22)20-12-9-16(19)10-13-20/h5-8,14,16H,2-4,9-13,19H2,1H3. The summed E-state index contributed by atoms with van der Waals surface area (Å²) >= 11 is 0. The zero-order valence-corrected chi connectivity index (χ0v) is 15.5. The number of carbonyl (C=O) groups excluding carboxylic acids is 1. The molecule has 0 aromatic heterocycles. The first kappa shape index (κ1) is 18.4. The molecule has 2 aliphatic rings. The SMILES string of the molecule is CC1CCCCN1S(=O)(=O)c1ccc(C(=O)N2CCC(N)CC2)cc1. The highest BCUT2D eigenvalue weighted by Gasteiger charge is 2.31. The second-order valence-electron chi connectivity index (χ2n) is 7.11. The average molecular weight is 365 g/mol. The van der Waals surface area contributed by atoms with E-state index in [1.54, 1.807) is 33.5 Å². The Hall–Kier alpha value is -1.44. The summed E-state index contributed by atoms with van der Waals surface area (Å²) in [5.74, 6) is -0.0535. The molecule has 0 bridgehead atoms. The predicted octanol–water partition coefficient (Wildman–Crippen LogP) is 1.81. The third-order valence-electron chi connectivity index (χ3n) is 5.28. The zero-order chi connectivity index (χ0) is 18.0. The largest absolute Gasteiger partial charge is 0.339 e. The van der Waals surface area contributed by atoms with Crippen LogP contribution in [0.25, 0.3) is 0 Å². The molecule has 25 heavy (non-hydrogen) atoms. The second kappa shape index (κ2) is 7.43. The van der Waals surface area contributed by atoms with Gasteiger partial charge in [0.2, 0.25) is 10.0 Å². The summed E-state index contributed by atoms with van der Waals surface area (Å²) in [5, 5.41) is 0. The monoisotopic (exact) mass is 365 g/mol. The molecule has 2 saturated heterocycles. The summed E-state index contributed by atoms with van der Waals surface area (Å²) in [4.78, 5) is 14.6. The number of sulfonamides is 1. The van der Waals surface area contributed by atoms with E-state index in [4.69, 9.17) is 5.73 Å². The van der Waals surface area contributed by atoms with Gasteiger partial charge in [-0.3, -0.25) is 4.79 Å². The van der Waals surface area contributed by atoms with Gasteiger partial charge in [-0.25, -0.2) is 8.42 Å². The number of piperidine rings is 2. The van der Waals surface area contributed by atoms with Crippen molar-refractivity contribution in [3.63, 3.8) is 0 Å². The van der Waals surface area contributed by atoms with Crippen molar-refractivity contribution in [3.05, 3.63) is 29.8 Å². The molecule has 0 saturated carbocycles. The van der Waals surface area contributed by atoms with E-state index in [1.807, 2.05) is 6.92 Å². The Balaban J connectivity index is 1.74. The minimum Gasteiger partial charge on any atom is -0.339 e. The van der Waals surface area contributed by atoms with E-state index in [0.29, 0.717) is 25.2 Å². The number of amides is 1. The molecule has 138 valence electrons. The van der Waals surface area contributed by atoms with Crippen LogP contribution >= 0.6 is 0 Å². The molecule has 6 nitrogen and oxygen atoms in total. The number of carbonyl (C=O) groups is 1. The van der Waals surface area contributed by atoms with Crippen molar-refractivity contribution in [2.75, 3.05) is 19.6 Å². The van der Waals surface area contributed by atoms with E-state index in [9.17, 15) is 13.2 Å². The van der Waals surface area contributed by atoms with Gasteiger partial charge >= 0.3 is 0 Å². The molecule has 2 fully saturated rings. The Morgan fingerprint density at radius 3 is 2.28 bits per heavy atom. The van der Waals surface area contributed by atoms with Crippen LogP contribution < -0.4 is 5.73 Å². The van der Waals surface area contributed by atoms with Gasteiger partial charge in [0.15, 0.2) is 0 Å². The van der Waals surface area contributed by atoms with Crippen LogP contribution in [0.5, 0.6) is 0 Å². The van der Waals surface area contributed by atoms with E-state index in [2.05, 4.69) is 0 Å². The molecule has 1 atom stereocenters. The van der Waals surface area contributed by atoms with Gasteiger partial charge in [-0.05, 0) is 56.9 Å². The highest BCUT2D eigenvalue weighted by atomic mass is 32.2. The van der Waals surface area contributed by atoms with Crippen LogP contribution in [0.1, 0.15) is 49.4 Å². The van der Waals surface area contributed by atoms with Gasteiger partial charge < -0.3 is 10.6 Å². The summed E-state index contributed by atoms with van der Waals surface area (Å²) in [7, 11) is -3.49. The number of nitrogens with zero attached hydrogens (tertiary/aromatic N) is 2. The number of nitrogens with two attached hydrogens (primary N) is 1. The summed E-state index contributed by atoms with van der Waals surface area (Å²) in [6.45, 7) is 3.84. The molecule has 0 aliphatic carbocycles. The molecule has 7 heteroatoms. The Kier molecular flexibility index (Phi) is 5.46. The molecule has 1 aromatic rings. The van der Waals surface area contributed by atoms with Crippen molar-refractivity contribution >= 4 is 15.9 Å². The fraction of sp³-hybridized carbons (Fsp3) is 0.611. The molecule has 2 aliphatic heterocycles. The van der Waals surface area contributed by atoms with Crippen molar-refractivity contribution in [2.24, 2.45) is 5.73 Å². The Bertz CT molecular complexity index is 710. The van der Waals surface area contributed by atoms with Crippen molar-refractivity contribution in [1.29, 1.82) is 0 Å². The molecule has 2 heterocycles. The highest BCUT2D eigenvalue weighted by molar-refractivity contribution is 7.89. The quantitative estimate of drug-likeness (QED) is 0.885. The van der Waals surface area contributed by atoms with Crippen molar-refractivity contribution in [2.45, 2.75) is 56.0 Å². The van der Waals surface area contributed by atoms with Crippen molar-refractivity contribution in [1.82, 2.24) is 9.21 Å². The maximum atomic E-state index is 12.8. The lowest BCUT2D eigenvalue weighted by molar-refractivity contribution is 0.0714. The van der Waals surface area contributed by atoms with Gasteiger partial charge in [-0.2, -0.15) is 4.31 Å². The smallest absolute Gasteiger partial charge is 0.253 e. The van der Waals surface area contributed by atoms with Gasteiger partial charge in [0.05, 0.1) is 4.90 Å². The fourth-order valence-electron chi connectivity index (χ4n) is 3.62. The molecule has 0 spiro atoms. The predicted molar refractivity (Wildman–Crippen MR) is 96.8 cm³/mol. The maximum absolute atomic E-state index is 12.8. The lowest BCUT2D eigenvalue weighted by Gasteiger charge is -2.32. The molecular weight excluding hydrogens is 338 g/mol. The minimum absolute atomic E-state index is 0.0256. The van der Waals surface area contributed by atoms with Crippen LogP contribution in [0.15, 0.2) is 29.2 Å². The first-order valence-electron chi connectivity index (χ1n) is 9.06. The molecule has 1 unspecified atom stereocenters. The van der Waals surface area contributed by atoms with Gasteiger partial charge in [-0.15, -0.1) is 0 Å². The van der Waals surface area contributed by atoms with Crippen LogP contribution in [0.2, 0.25) is 0 Å². The van der Waals surface area contributed by atoms with E-state index >= 15 is 0 Å². The van der Waals surface area contributed by atoms with Crippen LogP contribution in [0.4, 0.5) is 0 Å². The average Bonchev–Trinajstić information content (AvgIpc) is 2.62. The Morgan fingerprint density at radius 2 is 1.68 bits per heavy atom. The third-order valence-corrected chi connectivity index (χ3v) is 7.30. The first-order valence-corrected chi connectivity index (χ1v) is 10.5. The molecule has 3 rings (SSSR count).